The molecule has 0 amide bonds. The minimum Gasteiger partial charge on any atom is -0.407 e. The zero-order valence-electron chi connectivity index (χ0n) is 14.0. The van der Waals surface area contributed by atoms with Gasteiger partial charge in [0, 0.05) is 0 Å². The summed E-state index contributed by atoms with van der Waals surface area (Å²) < 4.78 is 7.10. The lowest BCUT2D eigenvalue weighted by Crippen LogP contribution is -2.48. The summed E-state index contributed by atoms with van der Waals surface area (Å²) in [7, 11) is -1.54. The molecule has 21 heavy (non-hydrogen) atoms. The third-order valence-corrected chi connectivity index (χ3v) is 10.8. The van der Waals surface area contributed by atoms with Crippen LogP contribution in [0, 0.1) is 0 Å². The molecule has 0 heterocycles. The predicted molar refractivity (Wildman–Crippen MR) is 93.0 cm³/mol. The van der Waals surface area contributed by atoms with E-state index in [2.05, 4.69) is 39.0 Å². The molecule has 1 nitrogen and oxygen atoms in total. The smallest absolute Gasteiger partial charge is 0.193 e. The van der Waals surface area contributed by atoms with Crippen molar-refractivity contribution in [2.24, 2.45) is 0 Å². The lowest BCUT2D eigenvalue weighted by atomic mass is 9.74. The molecular weight excluding hydrogens is 272 g/mol. The van der Waals surface area contributed by atoms with Crippen LogP contribution in [-0.2, 0) is 4.43 Å². The van der Waals surface area contributed by atoms with Crippen molar-refractivity contribution in [2.45, 2.75) is 83.0 Å². The van der Waals surface area contributed by atoms with Gasteiger partial charge >= 0.3 is 0 Å². The van der Waals surface area contributed by atoms with E-state index in [1.165, 1.54) is 56.7 Å². The van der Waals surface area contributed by atoms with E-state index in [0.29, 0.717) is 0 Å². The molecule has 3 aliphatic carbocycles. The molecule has 0 spiro atoms. The maximum Gasteiger partial charge on any atom is 0.193 e. The van der Waals surface area contributed by atoms with Gasteiger partial charge in [-0.2, -0.15) is 0 Å². The number of hydrogen-bond donors (Lipinski definition) is 0. The molecular formula is C19H30OSi. The van der Waals surface area contributed by atoms with E-state index in [9.17, 15) is 0 Å². The summed E-state index contributed by atoms with van der Waals surface area (Å²) in [4.78, 5) is 0. The van der Waals surface area contributed by atoms with E-state index >= 15 is 0 Å². The molecule has 1 atom stereocenters. The lowest BCUT2D eigenvalue weighted by Gasteiger charge is -2.46. The van der Waals surface area contributed by atoms with Gasteiger partial charge in [0.15, 0.2) is 8.32 Å². The SMILES string of the molecule is CC[Si](CC)(CC)OC12CCC=C1C1=C(C=CCC1)CC2. The van der Waals surface area contributed by atoms with E-state index in [1.807, 2.05) is 0 Å². The molecule has 0 N–H and O–H groups in total. The molecule has 0 radical (unpaired) electrons. The summed E-state index contributed by atoms with van der Waals surface area (Å²) in [5, 5.41) is 0. The van der Waals surface area contributed by atoms with Crippen LogP contribution in [0.25, 0.3) is 0 Å². The minimum atomic E-state index is -1.54. The Balaban J connectivity index is 1.93. The highest BCUT2D eigenvalue weighted by Crippen LogP contribution is 2.51. The van der Waals surface area contributed by atoms with Crippen LogP contribution in [0.2, 0.25) is 18.1 Å². The summed E-state index contributed by atoms with van der Waals surface area (Å²) >= 11 is 0. The lowest BCUT2D eigenvalue weighted by molar-refractivity contribution is 0.0827. The van der Waals surface area contributed by atoms with Crippen LogP contribution < -0.4 is 0 Å². The molecule has 0 saturated carbocycles. The quantitative estimate of drug-likeness (QED) is 0.574. The second kappa shape index (κ2) is 5.89. The summed E-state index contributed by atoms with van der Waals surface area (Å²) in [6, 6.07) is 3.79. The van der Waals surface area contributed by atoms with Crippen molar-refractivity contribution in [3.63, 3.8) is 0 Å². The van der Waals surface area contributed by atoms with Gasteiger partial charge in [-0.3, -0.25) is 0 Å². The highest BCUT2D eigenvalue weighted by Gasteiger charge is 2.47. The number of rotatable bonds is 5. The number of allylic oxidation sites excluding steroid dienone is 4. The van der Waals surface area contributed by atoms with Crippen molar-refractivity contribution < 1.29 is 4.43 Å². The first-order chi connectivity index (χ1) is 10.2. The molecule has 3 rings (SSSR count). The fourth-order valence-corrected chi connectivity index (χ4v) is 7.64. The standard InChI is InChI=1S/C19H30OSi/c1-4-21(5-2,6-3)20-19-14-9-12-18(19)17-11-8-7-10-16(17)13-15-19/h7,10,12H,4-6,8-9,11,13-15H2,1-3H3. The first kappa shape index (κ1) is 15.3. The summed E-state index contributed by atoms with van der Waals surface area (Å²) in [5.74, 6) is 0. The molecule has 0 fully saturated rings. The van der Waals surface area contributed by atoms with Gasteiger partial charge in [-0.15, -0.1) is 0 Å². The number of hydrogen-bond acceptors (Lipinski definition) is 1. The average molecular weight is 303 g/mol. The Morgan fingerprint density at radius 2 is 1.81 bits per heavy atom. The molecule has 116 valence electrons. The fraction of sp³-hybridized carbons (Fsp3) is 0.684. The third kappa shape index (κ3) is 2.51. The highest BCUT2D eigenvalue weighted by molar-refractivity contribution is 6.73. The van der Waals surface area contributed by atoms with Crippen LogP contribution in [0.5, 0.6) is 0 Å². The Bertz CT molecular complexity index is 487. The second-order valence-electron chi connectivity index (χ2n) is 6.94. The van der Waals surface area contributed by atoms with Crippen LogP contribution >= 0.6 is 0 Å². The van der Waals surface area contributed by atoms with Gasteiger partial charge in [-0.25, -0.2) is 0 Å². The first-order valence-electron chi connectivity index (χ1n) is 8.98. The molecule has 0 saturated heterocycles. The first-order valence-corrected chi connectivity index (χ1v) is 11.5. The van der Waals surface area contributed by atoms with Gasteiger partial charge in [0.05, 0.1) is 5.60 Å². The van der Waals surface area contributed by atoms with Crippen LogP contribution in [0.4, 0.5) is 0 Å². The van der Waals surface area contributed by atoms with Crippen molar-refractivity contribution in [3.05, 3.63) is 34.9 Å². The molecule has 0 bridgehead atoms. The van der Waals surface area contributed by atoms with Crippen LogP contribution in [-0.4, -0.2) is 13.9 Å². The Kier molecular flexibility index (Phi) is 4.29. The van der Waals surface area contributed by atoms with Crippen molar-refractivity contribution >= 4 is 8.32 Å². The molecule has 0 aromatic rings. The van der Waals surface area contributed by atoms with E-state index in [0.717, 1.165) is 0 Å². The average Bonchev–Trinajstić information content (AvgIpc) is 2.97. The van der Waals surface area contributed by atoms with Crippen molar-refractivity contribution in [3.8, 4) is 0 Å². The fourth-order valence-electron chi connectivity index (χ4n) is 4.56. The number of fused-ring (bicyclic) bond motifs is 2. The Labute approximate surface area is 131 Å². The zero-order valence-corrected chi connectivity index (χ0v) is 15.0. The van der Waals surface area contributed by atoms with Crippen molar-refractivity contribution in [1.29, 1.82) is 0 Å². The Morgan fingerprint density at radius 3 is 2.52 bits per heavy atom. The molecule has 0 aliphatic heterocycles. The maximum atomic E-state index is 7.10. The van der Waals surface area contributed by atoms with Crippen LogP contribution in [0.1, 0.15) is 59.3 Å². The molecule has 2 heteroatoms. The van der Waals surface area contributed by atoms with E-state index in [1.54, 1.807) is 16.7 Å². The minimum absolute atomic E-state index is 0.0955. The Hall–Kier alpha value is -0.603. The van der Waals surface area contributed by atoms with Gasteiger partial charge in [0.25, 0.3) is 0 Å². The van der Waals surface area contributed by atoms with Crippen molar-refractivity contribution in [2.75, 3.05) is 0 Å². The van der Waals surface area contributed by atoms with Gasteiger partial charge in [-0.1, -0.05) is 39.0 Å². The molecule has 1 unspecified atom stereocenters. The van der Waals surface area contributed by atoms with Gasteiger partial charge in [0.1, 0.15) is 0 Å². The summed E-state index contributed by atoms with van der Waals surface area (Å²) in [5.41, 5.74) is 4.94. The van der Waals surface area contributed by atoms with E-state index in [4.69, 9.17) is 4.43 Å². The van der Waals surface area contributed by atoms with Gasteiger partial charge in [0.2, 0.25) is 0 Å². The topological polar surface area (TPSA) is 9.23 Å². The molecule has 0 aromatic carbocycles. The third-order valence-electron chi connectivity index (χ3n) is 6.12. The predicted octanol–water partition coefficient (Wildman–Crippen LogP) is 5.91. The van der Waals surface area contributed by atoms with Gasteiger partial charge in [-0.05, 0) is 73.4 Å². The van der Waals surface area contributed by atoms with Crippen molar-refractivity contribution in [1.82, 2.24) is 0 Å². The highest BCUT2D eigenvalue weighted by atomic mass is 28.4. The maximum absolute atomic E-state index is 7.10. The monoisotopic (exact) mass is 302 g/mol. The summed E-state index contributed by atoms with van der Waals surface area (Å²) in [6.45, 7) is 7.06. The zero-order chi connectivity index (χ0) is 14.9. The van der Waals surface area contributed by atoms with Gasteiger partial charge < -0.3 is 4.43 Å². The van der Waals surface area contributed by atoms with E-state index in [-0.39, 0.29) is 5.60 Å². The van der Waals surface area contributed by atoms with Crippen LogP contribution in [0.3, 0.4) is 0 Å². The molecule has 3 aliphatic rings. The van der Waals surface area contributed by atoms with Crippen LogP contribution in [0.15, 0.2) is 34.9 Å². The normalized spacial score (nSPS) is 28.4. The largest absolute Gasteiger partial charge is 0.407 e. The Morgan fingerprint density at radius 1 is 1.05 bits per heavy atom. The second-order valence-corrected chi connectivity index (χ2v) is 11.6. The molecule has 0 aromatic heterocycles. The van der Waals surface area contributed by atoms with E-state index < -0.39 is 8.32 Å². The summed E-state index contributed by atoms with van der Waals surface area (Å²) in [6.07, 6.45) is 14.6.